The summed E-state index contributed by atoms with van der Waals surface area (Å²) >= 11 is 1.89. The Morgan fingerprint density at radius 1 is 0.475 bits per heavy atom. The summed E-state index contributed by atoms with van der Waals surface area (Å²) in [5.74, 6) is 0. The van der Waals surface area contributed by atoms with Crippen LogP contribution in [0.4, 0.5) is 0 Å². The highest BCUT2D eigenvalue weighted by Crippen LogP contribution is 2.42. The number of aromatic nitrogens is 1. The Morgan fingerprint density at radius 3 is 2.12 bits per heavy atom. The number of nitrogens with zero attached hydrogens (tertiary/aromatic N) is 1. The van der Waals surface area contributed by atoms with Crippen LogP contribution in [0.15, 0.2) is 127 Å². The Kier molecular flexibility index (Phi) is 4.67. The molecule has 0 saturated heterocycles. The number of aryl methyl sites for hydroxylation is 2. The zero-order chi connectivity index (χ0) is 26.2. The van der Waals surface area contributed by atoms with Crippen LogP contribution in [0.1, 0.15) is 11.1 Å². The summed E-state index contributed by atoms with van der Waals surface area (Å²) in [5.41, 5.74) is 12.0. The lowest BCUT2D eigenvalue weighted by Gasteiger charge is -2.20. The monoisotopic (exact) mass is 527 g/mol. The summed E-state index contributed by atoms with van der Waals surface area (Å²) in [6, 6.07) is 47.3. The molecular formula is C38H25NS. The van der Waals surface area contributed by atoms with Crippen LogP contribution < -0.4 is 0 Å². The van der Waals surface area contributed by atoms with Gasteiger partial charge in [0.2, 0.25) is 0 Å². The second kappa shape index (κ2) is 8.42. The first-order chi connectivity index (χ1) is 19.8. The zero-order valence-corrected chi connectivity index (χ0v) is 22.7. The van der Waals surface area contributed by atoms with Crippen molar-refractivity contribution >= 4 is 53.3 Å². The normalized spacial score (nSPS) is 12.8. The Labute approximate surface area is 236 Å². The highest BCUT2D eigenvalue weighted by Gasteiger charge is 2.20. The highest BCUT2D eigenvalue weighted by molar-refractivity contribution is 7.26. The molecule has 0 amide bonds. The molecule has 0 radical (unpaired) electrons. The molecule has 0 unspecified atom stereocenters. The molecule has 0 bridgehead atoms. The van der Waals surface area contributed by atoms with E-state index in [1.165, 1.54) is 81.0 Å². The largest absolute Gasteiger partial charge is 0.309 e. The molecule has 0 N–H and O–H groups in total. The first kappa shape index (κ1) is 22.2. The van der Waals surface area contributed by atoms with Crippen molar-refractivity contribution < 1.29 is 0 Å². The Balaban J connectivity index is 1.24. The summed E-state index contributed by atoms with van der Waals surface area (Å²) in [6.07, 6.45) is 2.21. The molecule has 2 aromatic heterocycles. The topological polar surface area (TPSA) is 4.93 Å². The van der Waals surface area contributed by atoms with Crippen LogP contribution in [0.3, 0.4) is 0 Å². The van der Waals surface area contributed by atoms with Crippen molar-refractivity contribution in [2.24, 2.45) is 0 Å². The summed E-state index contributed by atoms with van der Waals surface area (Å²) in [4.78, 5) is 0. The van der Waals surface area contributed by atoms with Gasteiger partial charge >= 0.3 is 0 Å². The van der Waals surface area contributed by atoms with Gasteiger partial charge in [-0.1, -0.05) is 91.0 Å². The number of para-hydroxylation sites is 1. The van der Waals surface area contributed by atoms with E-state index in [9.17, 15) is 0 Å². The molecule has 1 nitrogen and oxygen atoms in total. The summed E-state index contributed by atoms with van der Waals surface area (Å²) in [7, 11) is 0. The molecular weight excluding hydrogens is 502 g/mol. The van der Waals surface area contributed by atoms with Gasteiger partial charge in [-0.15, -0.1) is 11.3 Å². The Bertz CT molecular complexity index is 2260. The van der Waals surface area contributed by atoms with Gasteiger partial charge in [0.25, 0.3) is 0 Å². The van der Waals surface area contributed by atoms with E-state index in [-0.39, 0.29) is 0 Å². The summed E-state index contributed by atoms with van der Waals surface area (Å²) in [5, 5.41) is 5.34. The van der Waals surface area contributed by atoms with Crippen LogP contribution in [0.5, 0.6) is 0 Å². The maximum absolute atomic E-state index is 2.45. The van der Waals surface area contributed by atoms with E-state index in [1.807, 2.05) is 11.3 Å². The molecule has 40 heavy (non-hydrogen) atoms. The molecule has 1 aliphatic rings. The number of thiophene rings is 1. The van der Waals surface area contributed by atoms with Gasteiger partial charge in [-0.25, -0.2) is 0 Å². The molecule has 8 aromatic rings. The van der Waals surface area contributed by atoms with Gasteiger partial charge in [0.05, 0.1) is 11.0 Å². The minimum absolute atomic E-state index is 1.10. The standard InChI is InChI=1S/C38H25NS/c1-2-9-28-24(8-1)16-17-26-22-34-30-10-3-5-14-35(30)39(36(34)23-33(26)28)27-20-18-25(19-21-27)29-12-7-13-32-31-11-4-6-15-37(31)40-38(29)32/h1-15,18-23H,16-17H2. The molecule has 1 aliphatic carbocycles. The number of fused-ring (bicyclic) bond motifs is 9. The molecule has 0 saturated carbocycles. The molecule has 0 fully saturated rings. The first-order valence-corrected chi connectivity index (χ1v) is 14.8. The number of hydrogen-bond donors (Lipinski definition) is 0. The van der Waals surface area contributed by atoms with E-state index in [0.29, 0.717) is 0 Å². The first-order valence-electron chi connectivity index (χ1n) is 14.0. The molecule has 9 rings (SSSR count). The lowest BCUT2D eigenvalue weighted by molar-refractivity contribution is 0.944. The molecule has 2 heterocycles. The van der Waals surface area contributed by atoms with Gasteiger partial charge in [0, 0.05) is 36.6 Å². The maximum atomic E-state index is 2.45. The van der Waals surface area contributed by atoms with Gasteiger partial charge in [-0.05, 0) is 82.6 Å². The van der Waals surface area contributed by atoms with E-state index >= 15 is 0 Å². The SMILES string of the molecule is c1ccc2c(c1)CCc1cc3c4ccccc4n(-c4ccc(-c5cccc6c5sc5ccccc56)cc4)c3cc1-2. The average Bonchev–Trinajstić information content (AvgIpc) is 3.56. The van der Waals surface area contributed by atoms with E-state index in [0.717, 1.165) is 12.8 Å². The third-order valence-electron chi connectivity index (χ3n) is 8.71. The molecule has 0 atom stereocenters. The van der Waals surface area contributed by atoms with Gasteiger partial charge < -0.3 is 4.57 Å². The van der Waals surface area contributed by atoms with Crippen molar-refractivity contribution in [1.29, 1.82) is 0 Å². The van der Waals surface area contributed by atoms with E-state index < -0.39 is 0 Å². The smallest absolute Gasteiger partial charge is 0.0547 e. The van der Waals surface area contributed by atoms with Crippen molar-refractivity contribution in [2.75, 3.05) is 0 Å². The van der Waals surface area contributed by atoms with Crippen LogP contribution in [0.25, 0.3) is 69.9 Å². The van der Waals surface area contributed by atoms with Gasteiger partial charge in [0.1, 0.15) is 0 Å². The van der Waals surface area contributed by atoms with Crippen molar-refractivity contribution in [3.8, 4) is 27.9 Å². The predicted octanol–water partition coefficient (Wildman–Crippen LogP) is 10.6. The number of hydrogen-bond acceptors (Lipinski definition) is 1. The Morgan fingerprint density at radius 2 is 1.20 bits per heavy atom. The predicted molar refractivity (Wildman–Crippen MR) is 172 cm³/mol. The molecule has 0 aliphatic heterocycles. The van der Waals surface area contributed by atoms with Crippen LogP contribution in [-0.2, 0) is 12.8 Å². The molecule has 188 valence electrons. The maximum Gasteiger partial charge on any atom is 0.0547 e. The van der Waals surface area contributed by atoms with Crippen LogP contribution in [-0.4, -0.2) is 4.57 Å². The minimum atomic E-state index is 1.10. The van der Waals surface area contributed by atoms with Crippen molar-refractivity contribution in [1.82, 2.24) is 4.57 Å². The minimum Gasteiger partial charge on any atom is -0.309 e. The second-order valence-corrected chi connectivity index (χ2v) is 11.9. The van der Waals surface area contributed by atoms with Gasteiger partial charge in [-0.3, -0.25) is 0 Å². The van der Waals surface area contributed by atoms with Crippen molar-refractivity contribution in [2.45, 2.75) is 12.8 Å². The third-order valence-corrected chi connectivity index (χ3v) is 9.93. The van der Waals surface area contributed by atoms with E-state index in [4.69, 9.17) is 0 Å². The van der Waals surface area contributed by atoms with E-state index in [2.05, 4.69) is 132 Å². The fourth-order valence-electron chi connectivity index (χ4n) is 6.83. The Hall–Kier alpha value is -4.66. The second-order valence-electron chi connectivity index (χ2n) is 10.9. The van der Waals surface area contributed by atoms with Crippen molar-refractivity contribution in [3.63, 3.8) is 0 Å². The van der Waals surface area contributed by atoms with Gasteiger partial charge in [0.15, 0.2) is 0 Å². The van der Waals surface area contributed by atoms with Crippen molar-refractivity contribution in [3.05, 3.63) is 139 Å². The molecule has 2 heteroatoms. The van der Waals surface area contributed by atoms with Crippen LogP contribution >= 0.6 is 11.3 Å². The highest BCUT2D eigenvalue weighted by atomic mass is 32.1. The lowest BCUT2D eigenvalue weighted by Crippen LogP contribution is -2.04. The fourth-order valence-corrected chi connectivity index (χ4v) is 8.07. The quantitative estimate of drug-likeness (QED) is 0.211. The van der Waals surface area contributed by atoms with Crippen LogP contribution in [0.2, 0.25) is 0 Å². The van der Waals surface area contributed by atoms with Crippen LogP contribution in [0, 0.1) is 0 Å². The molecule has 0 spiro atoms. The zero-order valence-electron chi connectivity index (χ0n) is 21.9. The lowest BCUT2D eigenvalue weighted by atomic mass is 9.85. The number of benzene rings is 6. The van der Waals surface area contributed by atoms with E-state index in [1.54, 1.807) is 0 Å². The fraction of sp³-hybridized carbons (Fsp3) is 0.0526. The summed E-state index contributed by atoms with van der Waals surface area (Å²) < 4.78 is 5.15. The summed E-state index contributed by atoms with van der Waals surface area (Å²) in [6.45, 7) is 0. The average molecular weight is 528 g/mol. The third kappa shape index (κ3) is 3.14. The molecule has 6 aromatic carbocycles. The number of rotatable bonds is 2. The van der Waals surface area contributed by atoms with Gasteiger partial charge in [-0.2, -0.15) is 0 Å².